The van der Waals surface area contributed by atoms with E-state index in [4.69, 9.17) is 4.74 Å². The highest BCUT2D eigenvalue weighted by molar-refractivity contribution is 5.67. The number of hydrogen-bond acceptors (Lipinski definition) is 5. The van der Waals surface area contributed by atoms with Crippen LogP contribution in [-0.4, -0.2) is 48.9 Å². The van der Waals surface area contributed by atoms with Gasteiger partial charge in [0.2, 0.25) is 5.88 Å². The molecule has 0 amide bonds. The number of aromatic nitrogens is 1. The van der Waals surface area contributed by atoms with Crippen LogP contribution in [0.3, 0.4) is 0 Å². The summed E-state index contributed by atoms with van der Waals surface area (Å²) in [4.78, 5) is 6.17. The average Bonchev–Trinajstić information content (AvgIpc) is 3.13. The Morgan fingerprint density at radius 1 is 1.11 bits per heavy atom. The van der Waals surface area contributed by atoms with Crippen molar-refractivity contribution in [1.29, 1.82) is 0 Å². The van der Waals surface area contributed by atoms with Crippen LogP contribution in [0.25, 0.3) is 0 Å². The van der Waals surface area contributed by atoms with Crippen LogP contribution in [0.2, 0.25) is 0 Å². The number of para-hydroxylation sites is 1. The number of β-amino-alcohol motifs (C(OH)–C–C–N with tert-alkyl or cyclic N) is 1. The highest BCUT2D eigenvalue weighted by Gasteiger charge is 2.45. The number of rotatable bonds is 9. The third-order valence-corrected chi connectivity index (χ3v) is 6.05. The molecule has 5 nitrogen and oxygen atoms in total. The number of aliphatic hydroxyl groups is 1. The topological polar surface area (TPSA) is 54.8 Å². The van der Waals surface area contributed by atoms with E-state index < -0.39 is 24.6 Å². The van der Waals surface area contributed by atoms with Gasteiger partial charge in [-0.25, -0.2) is 9.37 Å². The Labute approximate surface area is 200 Å². The van der Waals surface area contributed by atoms with Crippen molar-refractivity contribution in [3.63, 3.8) is 0 Å². The summed E-state index contributed by atoms with van der Waals surface area (Å²) >= 11 is 0. The molecule has 0 fully saturated rings. The smallest absolute Gasteiger partial charge is 0.478 e. The summed E-state index contributed by atoms with van der Waals surface area (Å²) in [5.41, 5.74) is 2.50. The summed E-state index contributed by atoms with van der Waals surface area (Å²) < 4.78 is 61.4. The molecule has 3 aromatic rings. The van der Waals surface area contributed by atoms with Gasteiger partial charge in [-0.2, -0.15) is 0 Å². The minimum atomic E-state index is -4.80. The molecule has 1 aromatic heterocycles. The maximum atomic E-state index is 13.2. The molecule has 0 saturated carbocycles. The van der Waals surface area contributed by atoms with Crippen molar-refractivity contribution in [1.82, 2.24) is 4.98 Å². The zero-order valence-corrected chi connectivity index (χ0v) is 19.1. The number of nitrogens with zero attached hydrogens (tertiary/aromatic N) is 2. The first-order valence-corrected chi connectivity index (χ1v) is 11.3. The molecule has 4 rings (SSSR count). The van der Waals surface area contributed by atoms with Gasteiger partial charge < -0.3 is 19.5 Å². The molecule has 0 radical (unpaired) electrons. The van der Waals surface area contributed by atoms with Gasteiger partial charge in [0.1, 0.15) is 12.4 Å². The minimum Gasteiger partial charge on any atom is -0.478 e. The zero-order chi connectivity index (χ0) is 25.1. The lowest BCUT2D eigenvalue weighted by Crippen LogP contribution is -2.40. The van der Waals surface area contributed by atoms with E-state index in [-0.39, 0.29) is 12.3 Å². The Hall–Kier alpha value is -3.33. The van der Waals surface area contributed by atoms with Crippen molar-refractivity contribution < 1.29 is 32.1 Å². The number of ether oxygens (including phenoxy) is 2. The SMILES string of the molecule is CCOc1cc(C2(Cc3cccc(OC(F)(F)F)c3)CN(C[C@@H](O)CF)c3ccccc32)ccn1. The Balaban J connectivity index is 1.82. The quantitative estimate of drug-likeness (QED) is 0.425. The number of pyridine rings is 1. The first-order valence-electron chi connectivity index (χ1n) is 11.3. The molecule has 0 aliphatic carbocycles. The predicted molar refractivity (Wildman–Crippen MR) is 124 cm³/mol. The van der Waals surface area contributed by atoms with E-state index >= 15 is 0 Å². The molecule has 186 valence electrons. The summed E-state index contributed by atoms with van der Waals surface area (Å²) in [7, 11) is 0. The van der Waals surface area contributed by atoms with Crippen LogP contribution < -0.4 is 14.4 Å². The van der Waals surface area contributed by atoms with Gasteiger partial charge in [-0.15, -0.1) is 13.2 Å². The molecule has 2 aromatic carbocycles. The number of hydrogen-bond donors (Lipinski definition) is 1. The van der Waals surface area contributed by atoms with Crippen LogP contribution in [0.5, 0.6) is 11.6 Å². The van der Waals surface area contributed by atoms with E-state index in [0.717, 1.165) is 16.8 Å². The van der Waals surface area contributed by atoms with E-state index in [2.05, 4.69) is 9.72 Å². The van der Waals surface area contributed by atoms with E-state index in [0.29, 0.717) is 31.0 Å². The highest BCUT2D eigenvalue weighted by Crippen LogP contribution is 2.48. The Kier molecular flexibility index (Phi) is 7.16. The van der Waals surface area contributed by atoms with Gasteiger partial charge in [-0.05, 0) is 54.3 Å². The van der Waals surface area contributed by atoms with Gasteiger partial charge >= 0.3 is 6.36 Å². The standard InChI is InChI=1S/C26H26F4N2O3/c1-2-34-24-13-19(10-11-31-24)25(14-18-6-5-7-21(12-18)35-26(28,29)30)17-32(16-20(33)15-27)23-9-4-3-8-22(23)25/h3-13,20,33H,2,14-17H2,1H3/t20-,25?/m0/s1. The first kappa shape index (κ1) is 24.8. The number of anilines is 1. The van der Waals surface area contributed by atoms with Crippen LogP contribution in [0.4, 0.5) is 23.2 Å². The van der Waals surface area contributed by atoms with Crippen molar-refractivity contribution >= 4 is 5.69 Å². The Morgan fingerprint density at radius 3 is 2.66 bits per heavy atom. The monoisotopic (exact) mass is 490 g/mol. The lowest BCUT2D eigenvalue weighted by atomic mass is 9.72. The molecular weight excluding hydrogens is 464 g/mol. The van der Waals surface area contributed by atoms with Crippen molar-refractivity contribution in [2.45, 2.75) is 31.2 Å². The molecule has 1 N–H and O–H groups in total. The zero-order valence-electron chi connectivity index (χ0n) is 19.1. The molecule has 0 bridgehead atoms. The van der Waals surface area contributed by atoms with Crippen LogP contribution >= 0.6 is 0 Å². The van der Waals surface area contributed by atoms with Gasteiger partial charge in [0, 0.05) is 36.5 Å². The van der Waals surface area contributed by atoms with Crippen molar-refractivity contribution in [3.05, 3.63) is 83.6 Å². The molecule has 1 unspecified atom stereocenters. The van der Waals surface area contributed by atoms with E-state index in [9.17, 15) is 22.7 Å². The van der Waals surface area contributed by atoms with Gasteiger partial charge in [0.25, 0.3) is 0 Å². The molecule has 0 saturated heterocycles. The third-order valence-electron chi connectivity index (χ3n) is 6.05. The van der Waals surface area contributed by atoms with Crippen LogP contribution in [0, 0.1) is 0 Å². The van der Waals surface area contributed by atoms with Crippen molar-refractivity contribution in [2.75, 3.05) is 31.3 Å². The summed E-state index contributed by atoms with van der Waals surface area (Å²) in [5, 5.41) is 10.1. The molecule has 2 heterocycles. The largest absolute Gasteiger partial charge is 0.573 e. The van der Waals surface area contributed by atoms with Crippen LogP contribution in [-0.2, 0) is 11.8 Å². The van der Waals surface area contributed by atoms with E-state index in [1.165, 1.54) is 18.2 Å². The van der Waals surface area contributed by atoms with E-state index in [1.54, 1.807) is 12.3 Å². The predicted octanol–water partition coefficient (Wildman–Crippen LogP) is 5.06. The summed E-state index contributed by atoms with van der Waals surface area (Å²) in [6, 6.07) is 17.2. The normalized spacial score (nSPS) is 18.3. The van der Waals surface area contributed by atoms with E-state index in [1.807, 2.05) is 48.2 Å². The lowest BCUT2D eigenvalue weighted by molar-refractivity contribution is -0.274. The second kappa shape index (κ2) is 10.1. The minimum absolute atomic E-state index is 0.0793. The average molecular weight is 490 g/mol. The van der Waals surface area contributed by atoms with Gasteiger partial charge in [-0.3, -0.25) is 0 Å². The number of fused-ring (bicyclic) bond motifs is 1. The second-order valence-electron chi connectivity index (χ2n) is 8.48. The molecule has 1 aliphatic heterocycles. The van der Waals surface area contributed by atoms with Gasteiger partial charge in [-0.1, -0.05) is 30.3 Å². The number of benzene rings is 2. The van der Waals surface area contributed by atoms with Crippen molar-refractivity contribution in [3.8, 4) is 11.6 Å². The summed E-state index contributed by atoms with van der Waals surface area (Å²) in [5.74, 6) is 0.129. The maximum Gasteiger partial charge on any atom is 0.573 e. The molecule has 9 heteroatoms. The fourth-order valence-electron chi connectivity index (χ4n) is 4.75. The Bertz CT molecular complexity index is 1160. The molecular formula is C26H26F4N2O3. The first-order chi connectivity index (χ1) is 16.7. The fraction of sp³-hybridized carbons (Fsp3) is 0.346. The molecule has 35 heavy (non-hydrogen) atoms. The fourth-order valence-corrected chi connectivity index (χ4v) is 4.75. The Morgan fingerprint density at radius 2 is 1.91 bits per heavy atom. The molecule has 2 atom stereocenters. The molecule has 1 aliphatic rings. The van der Waals surface area contributed by atoms with Crippen LogP contribution in [0.15, 0.2) is 66.9 Å². The summed E-state index contributed by atoms with van der Waals surface area (Å²) in [6.07, 6.45) is -4.00. The number of aliphatic hydroxyl groups excluding tert-OH is 1. The third kappa shape index (κ3) is 5.51. The molecule has 0 spiro atoms. The highest BCUT2D eigenvalue weighted by atomic mass is 19.4. The van der Waals surface area contributed by atoms with Gasteiger partial charge in [0.15, 0.2) is 0 Å². The van der Waals surface area contributed by atoms with Crippen LogP contribution in [0.1, 0.15) is 23.6 Å². The number of alkyl halides is 4. The van der Waals surface area contributed by atoms with Gasteiger partial charge in [0.05, 0.1) is 12.7 Å². The lowest BCUT2D eigenvalue weighted by Gasteiger charge is -2.32. The second-order valence-corrected chi connectivity index (χ2v) is 8.48. The maximum absolute atomic E-state index is 13.2. The van der Waals surface area contributed by atoms with Crippen molar-refractivity contribution in [2.24, 2.45) is 0 Å². The summed E-state index contributed by atoms with van der Waals surface area (Å²) in [6.45, 7) is 1.85. The number of halogens is 4.